The van der Waals surface area contributed by atoms with Crippen LogP contribution in [0.5, 0.6) is 0 Å². The van der Waals surface area contributed by atoms with E-state index in [4.69, 9.17) is 19.9 Å². The van der Waals surface area contributed by atoms with Gasteiger partial charge in [-0.15, -0.1) is 11.3 Å². The Kier molecular flexibility index (Phi) is 10.0. The van der Waals surface area contributed by atoms with E-state index >= 15 is 0 Å². The van der Waals surface area contributed by atoms with Crippen LogP contribution >= 0.6 is 11.3 Å². The number of primary amides is 1. The average Bonchev–Trinajstić information content (AvgIpc) is 3.33. The first-order valence-corrected chi connectivity index (χ1v) is 12.3. The Morgan fingerprint density at radius 2 is 1.79 bits per heavy atom. The van der Waals surface area contributed by atoms with E-state index in [0.717, 1.165) is 30.7 Å². The van der Waals surface area contributed by atoms with Crippen LogP contribution in [0, 0.1) is 5.92 Å². The SMILES string of the molecule is COCCOCCOCC(=O)N1CCC(c2nc(C(=O)N3CCCC(C(N)=O)C3)cs2)CC1. The van der Waals surface area contributed by atoms with Crippen molar-refractivity contribution in [2.45, 2.75) is 31.6 Å². The van der Waals surface area contributed by atoms with Gasteiger partial charge in [0.2, 0.25) is 11.8 Å². The summed E-state index contributed by atoms with van der Waals surface area (Å²) in [5.74, 6) is -0.562. The molecule has 1 aromatic heterocycles. The number of thiazole rings is 1. The van der Waals surface area contributed by atoms with Crippen LogP contribution in [0.3, 0.4) is 0 Å². The van der Waals surface area contributed by atoms with Crippen LogP contribution < -0.4 is 5.73 Å². The normalized spacial score (nSPS) is 19.6. The number of amides is 3. The highest BCUT2D eigenvalue weighted by atomic mass is 32.1. The molecule has 2 aliphatic heterocycles. The molecular formula is C22H34N4O6S. The van der Waals surface area contributed by atoms with Gasteiger partial charge >= 0.3 is 0 Å². The third-order valence-corrected chi connectivity index (χ3v) is 7.09. The van der Waals surface area contributed by atoms with E-state index < -0.39 is 0 Å². The molecule has 2 N–H and O–H groups in total. The molecule has 0 saturated carbocycles. The van der Waals surface area contributed by atoms with Crippen LogP contribution in [0.25, 0.3) is 0 Å². The van der Waals surface area contributed by atoms with E-state index in [1.165, 1.54) is 11.3 Å². The number of hydrogen-bond acceptors (Lipinski definition) is 8. The summed E-state index contributed by atoms with van der Waals surface area (Å²) in [5.41, 5.74) is 5.85. The molecule has 0 aromatic carbocycles. The summed E-state index contributed by atoms with van der Waals surface area (Å²) in [6.45, 7) is 4.19. The number of piperidine rings is 2. The van der Waals surface area contributed by atoms with Crippen molar-refractivity contribution >= 4 is 29.1 Å². The second-order valence-electron chi connectivity index (χ2n) is 8.38. The predicted molar refractivity (Wildman–Crippen MR) is 122 cm³/mol. The Morgan fingerprint density at radius 1 is 1.06 bits per heavy atom. The molecule has 0 radical (unpaired) electrons. The van der Waals surface area contributed by atoms with Gasteiger partial charge in [0, 0.05) is 44.6 Å². The van der Waals surface area contributed by atoms with Crippen LogP contribution in [0.1, 0.15) is 47.1 Å². The number of likely N-dealkylation sites (tertiary alicyclic amines) is 2. The Labute approximate surface area is 198 Å². The summed E-state index contributed by atoms with van der Waals surface area (Å²) in [4.78, 5) is 44.8. The number of aromatic nitrogens is 1. The molecule has 0 spiro atoms. The molecule has 0 bridgehead atoms. The van der Waals surface area contributed by atoms with Crippen LogP contribution in [-0.4, -0.2) is 98.8 Å². The van der Waals surface area contributed by atoms with Crippen molar-refractivity contribution in [1.29, 1.82) is 0 Å². The molecule has 3 amide bonds. The second-order valence-corrected chi connectivity index (χ2v) is 9.27. The van der Waals surface area contributed by atoms with Crippen LogP contribution in [0.2, 0.25) is 0 Å². The number of methoxy groups -OCH3 is 1. The monoisotopic (exact) mass is 482 g/mol. The van der Waals surface area contributed by atoms with Crippen molar-refractivity contribution in [2.24, 2.45) is 11.7 Å². The summed E-state index contributed by atoms with van der Waals surface area (Å²) in [6, 6.07) is 0. The zero-order chi connectivity index (χ0) is 23.6. The fourth-order valence-electron chi connectivity index (χ4n) is 4.12. The van der Waals surface area contributed by atoms with E-state index in [9.17, 15) is 14.4 Å². The molecule has 1 atom stereocenters. The number of ether oxygens (including phenoxy) is 3. The quantitative estimate of drug-likeness (QED) is 0.464. The van der Waals surface area contributed by atoms with Crippen LogP contribution in [0.4, 0.5) is 0 Å². The third-order valence-electron chi connectivity index (χ3n) is 6.08. The van der Waals surface area contributed by atoms with E-state index in [1.807, 2.05) is 4.90 Å². The fourth-order valence-corrected chi connectivity index (χ4v) is 5.08. The Bertz CT molecular complexity index is 796. The number of nitrogens with two attached hydrogens (primary N) is 1. The Hall–Kier alpha value is -2.08. The van der Waals surface area contributed by atoms with Gasteiger partial charge in [-0.1, -0.05) is 0 Å². The minimum atomic E-state index is -0.353. The molecule has 1 unspecified atom stereocenters. The molecule has 3 rings (SSSR count). The van der Waals surface area contributed by atoms with E-state index in [0.29, 0.717) is 58.3 Å². The highest BCUT2D eigenvalue weighted by Crippen LogP contribution is 2.31. The maximum atomic E-state index is 12.8. The molecule has 0 aliphatic carbocycles. The Morgan fingerprint density at radius 3 is 2.52 bits per heavy atom. The summed E-state index contributed by atoms with van der Waals surface area (Å²) in [5, 5.41) is 2.73. The van der Waals surface area contributed by atoms with Crippen LogP contribution in [0.15, 0.2) is 5.38 Å². The third kappa shape index (κ3) is 7.46. The maximum absolute atomic E-state index is 12.8. The molecule has 10 nitrogen and oxygen atoms in total. The minimum absolute atomic E-state index is 0.0190. The van der Waals surface area contributed by atoms with Crippen LogP contribution in [-0.2, 0) is 23.8 Å². The van der Waals surface area contributed by atoms with Gasteiger partial charge in [0.15, 0.2) is 0 Å². The van der Waals surface area contributed by atoms with Crippen molar-refractivity contribution in [3.05, 3.63) is 16.1 Å². The van der Waals surface area contributed by atoms with Crippen molar-refractivity contribution in [3.8, 4) is 0 Å². The number of rotatable bonds is 11. The van der Waals surface area contributed by atoms with Crippen molar-refractivity contribution in [1.82, 2.24) is 14.8 Å². The minimum Gasteiger partial charge on any atom is -0.382 e. The molecule has 2 saturated heterocycles. The van der Waals surface area contributed by atoms with E-state index in [2.05, 4.69) is 4.98 Å². The van der Waals surface area contributed by atoms with Gasteiger partial charge in [0.05, 0.1) is 37.4 Å². The first-order chi connectivity index (χ1) is 16.0. The average molecular weight is 483 g/mol. The first-order valence-electron chi connectivity index (χ1n) is 11.5. The topological polar surface area (TPSA) is 124 Å². The highest BCUT2D eigenvalue weighted by Gasteiger charge is 2.30. The first kappa shape index (κ1) is 25.5. The summed E-state index contributed by atoms with van der Waals surface area (Å²) in [7, 11) is 1.62. The number of carbonyl (C=O) groups excluding carboxylic acids is 3. The van der Waals surface area contributed by atoms with Crippen molar-refractivity contribution in [2.75, 3.05) is 66.3 Å². The predicted octanol–water partition coefficient (Wildman–Crippen LogP) is 0.866. The summed E-state index contributed by atoms with van der Waals surface area (Å²) < 4.78 is 15.6. The summed E-state index contributed by atoms with van der Waals surface area (Å²) >= 11 is 1.49. The van der Waals surface area contributed by atoms with Crippen molar-refractivity contribution < 1.29 is 28.6 Å². The Balaban J connectivity index is 1.40. The standard InChI is InChI=1S/C22H34N4O6S/c1-30-9-10-31-11-12-32-14-19(27)25-7-4-16(5-8-25)21-24-18(15-33-21)22(29)26-6-2-3-17(13-26)20(23)28/h15-17H,2-14H2,1H3,(H2,23,28). The number of hydrogen-bond donors (Lipinski definition) is 1. The summed E-state index contributed by atoms with van der Waals surface area (Å²) in [6.07, 6.45) is 3.11. The lowest BCUT2D eigenvalue weighted by atomic mass is 9.97. The number of carbonyl (C=O) groups is 3. The van der Waals surface area contributed by atoms with Gasteiger partial charge in [-0.3, -0.25) is 14.4 Å². The highest BCUT2D eigenvalue weighted by molar-refractivity contribution is 7.09. The largest absolute Gasteiger partial charge is 0.382 e. The number of nitrogens with zero attached hydrogens (tertiary/aromatic N) is 3. The zero-order valence-electron chi connectivity index (χ0n) is 19.2. The van der Waals surface area contributed by atoms with Gasteiger partial charge < -0.3 is 29.7 Å². The maximum Gasteiger partial charge on any atom is 0.273 e. The lowest BCUT2D eigenvalue weighted by Gasteiger charge is -2.31. The lowest BCUT2D eigenvalue weighted by molar-refractivity contribution is -0.137. The van der Waals surface area contributed by atoms with Gasteiger partial charge in [-0.05, 0) is 25.7 Å². The van der Waals surface area contributed by atoms with E-state index in [1.54, 1.807) is 17.4 Å². The smallest absolute Gasteiger partial charge is 0.273 e. The molecule has 33 heavy (non-hydrogen) atoms. The van der Waals surface area contributed by atoms with Gasteiger partial charge in [0.25, 0.3) is 5.91 Å². The van der Waals surface area contributed by atoms with Gasteiger partial charge in [-0.2, -0.15) is 0 Å². The van der Waals surface area contributed by atoms with E-state index in [-0.39, 0.29) is 36.2 Å². The fraction of sp³-hybridized carbons (Fsp3) is 0.727. The van der Waals surface area contributed by atoms with Gasteiger partial charge in [-0.25, -0.2) is 4.98 Å². The van der Waals surface area contributed by atoms with Gasteiger partial charge in [0.1, 0.15) is 12.3 Å². The molecule has 3 heterocycles. The second kappa shape index (κ2) is 13.0. The molecular weight excluding hydrogens is 448 g/mol. The molecule has 2 fully saturated rings. The molecule has 184 valence electrons. The molecule has 2 aliphatic rings. The molecule has 11 heteroatoms. The van der Waals surface area contributed by atoms with Crippen molar-refractivity contribution in [3.63, 3.8) is 0 Å². The molecule has 1 aromatic rings. The lowest BCUT2D eigenvalue weighted by Crippen LogP contribution is -2.44. The zero-order valence-corrected chi connectivity index (χ0v) is 20.0.